The zero-order valence-electron chi connectivity index (χ0n) is 50.9. The van der Waals surface area contributed by atoms with Crippen LogP contribution in [0.1, 0.15) is 155 Å². The summed E-state index contributed by atoms with van der Waals surface area (Å²) in [7, 11) is 0. The van der Waals surface area contributed by atoms with Gasteiger partial charge < -0.3 is 0 Å². The highest BCUT2D eigenvalue weighted by molar-refractivity contribution is 6.24. The van der Waals surface area contributed by atoms with Crippen molar-refractivity contribution < 1.29 is 0 Å². The molecule has 0 heteroatoms. The Morgan fingerprint density at radius 2 is 0.524 bits per heavy atom. The first-order valence-electron chi connectivity index (χ1n) is 31.5. The average Bonchev–Trinajstić information content (AvgIpc) is 1.32. The lowest BCUT2D eigenvalue weighted by molar-refractivity contribution is 0.590. The standard InChI is InChI=1S/C84H78/c1-9-11-13-15-17-19-33-69-71-39-25-29-57-43-45-61-51-63(83(3,4)5)54-78-62(52-64(53-77(61)78)84(6,7)8)46-44-58-30-26-40-72-70(34-20-18-16-14-12-10-2)74-42-28-32-60(82(74)56-80(58)72)48-50-76-67-37-23-21-35-65(67)75(66-36-22-24-38-68(66)76)49-47-59-31-27-41-73(69)81(59)55-79(57)71/h21-32,35-42,51-56H,9-20,33-34H2,1-8H3. The third-order valence-corrected chi connectivity index (χ3v) is 17.9. The summed E-state index contributed by atoms with van der Waals surface area (Å²) >= 11 is 0. The first-order valence-corrected chi connectivity index (χ1v) is 31.5. The van der Waals surface area contributed by atoms with Crippen molar-refractivity contribution in [3.8, 4) is 0 Å². The zero-order valence-corrected chi connectivity index (χ0v) is 50.9. The van der Waals surface area contributed by atoms with Crippen LogP contribution < -0.4 is 0 Å². The highest BCUT2D eigenvalue weighted by Gasteiger charge is 2.20. The smallest absolute Gasteiger partial charge is 0.0406 e. The van der Waals surface area contributed by atoms with Gasteiger partial charge in [-0.15, -0.1) is 0 Å². The van der Waals surface area contributed by atoms with E-state index in [2.05, 4.69) is 262 Å². The number of benzene rings is 11. The third-order valence-electron chi connectivity index (χ3n) is 17.9. The Kier molecular flexibility index (Phi) is 16.0. The second kappa shape index (κ2) is 24.0. The lowest BCUT2D eigenvalue weighted by atomic mass is 9.82. The quantitative estimate of drug-likeness (QED) is 0.0752. The molecule has 0 unspecified atom stereocenters. The summed E-state index contributed by atoms with van der Waals surface area (Å²) in [6.07, 6.45) is 16.9. The number of rotatable bonds is 14. The Morgan fingerprint density at radius 3 is 0.845 bits per heavy atom. The predicted molar refractivity (Wildman–Crippen MR) is 365 cm³/mol. The SMILES string of the molecule is CCCCCCCCc1c2cccc3c#cc4cc(C(C)(C)C)cc5c(c#cc6cccc7c(CCCCCCCC)c8cccc(c#cc9c%10ccccc%10c(c#cc%10cccc1c%10cc32)c1ccccc91)c8cc67)cc(C(C)(C)C)cc45. The number of hydrogen-bond donors (Lipinski definition) is 0. The van der Waals surface area contributed by atoms with E-state index in [0.717, 1.165) is 101 Å². The van der Waals surface area contributed by atoms with Crippen molar-refractivity contribution in [1.82, 2.24) is 0 Å². The largest absolute Gasteiger partial charge is 0.0654 e. The minimum atomic E-state index is -0.135. The molecule has 0 aliphatic rings. The van der Waals surface area contributed by atoms with Gasteiger partial charge in [0, 0.05) is 43.1 Å². The zero-order chi connectivity index (χ0) is 58.0. The van der Waals surface area contributed by atoms with Gasteiger partial charge in [-0.3, -0.25) is 0 Å². The molecule has 12 aromatic carbocycles. The van der Waals surface area contributed by atoms with Gasteiger partial charge in [-0.1, -0.05) is 265 Å². The molecule has 0 atom stereocenters. The van der Waals surface area contributed by atoms with Gasteiger partial charge in [0.25, 0.3) is 0 Å². The van der Waals surface area contributed by atoms with Crippen LogP contribution in [-0.2, 0) is 23.7 Å². The van der Waals surface area contributed by atoms with Gasteiger partial charge in [-0.05, 0) is 195 Å². The van der Waals surface area contributed by atoms with Gasteiger partial charge in [-0.2, -0.15) is 0 Å². The molecule has 0 nitrogen and oxygen atoms in total. The molecule has 0 fully saturated rings. The minimum absolute atomic E-state index is 0.135. The number of unbranched alkanes of at least 4 members (excludes halogenated alkanes) is 10. The molecule has 0 amide bonds. The Labute approximate surface area is 500 Å². The van der Waals surface area contributed by atoms with Crippen LogP contribution in [0.4, 0.5) is 0 Å². The van der Waals surface area contributed by atoms with Gasteiger partial charge in [0.05, 0.1) is 0 Å². The van der Waals surface area contributed by atoms with E-state index < -0.39 is 0 Å². The van der Waals surface area contributed by atoms with Crippen molar-refractivity contribution in [2.45, 2.75) is 156 Å². The predicted octanol–water partition coefficient (Wildman–Crippen LogP) is 24.0. The van der Waals surface area contributed by atoms with Crippen LogP contribution in [-0.4, -0.2) is 0 Å². The highest BCUT2D eigenvalue weighted by Crippen LogP contribution is 2.39. The Morgan fingerprint density at radius 1 is 0.250 bits per heavy atom. The second-order valence-electron chi connectivity index (χ2n) is 25.8. The number of fused-ring (bicyclic) bond motifs is 3. The van der Waals surface area contributed by atoms with Gasteiger partial charge in [0.1, 0.15) is 0 Å². The van der Waals surface area contributed by atoms with Crippen LogP contribution in [0, 0.1) is 48.5 Å². The Bertz CT molecular complexity index is 4290. The van der Waals surface area contributed by atoms with E-state index in [0.29, 0.717) is 0 Å². The van der Waals surface area contributed by atoms with Gasteiger partial charge in [0.2, 0.25) is 0 Å². The second-order valence-corrected chi connectivity index (χ2v) is 25.8. The number of hydrogen-bond acceptors (Lipinski definition) is 0. The van der Waals surface area contributed by atoms with Crippen molar-refractivity contribution in [3.05, 3.63) is 229 Å². The maximum absolute atomic E-state index is 3.88. The molecule has 12 aromatic rings. The molecular weight excluding hydrogens is 1010 g/mol. The molecular formula is C84H78. The summed E-state index contributed by atoms with van der Waals surface area (Å²) in [5.41, 5.74) is 5.00. The third kappa shape index (κ3) is 11.2. The lowest BCUT2D eigenvalue weighted by Crippen LogP contribution is -2.12. The van der Waals surface area contributed by atoms with Crippen molar-refractivity contribution in [2.75, 3.05) is 0 Å². The monoisotopic (exact) mass is 1090 g/mol. The molecule has 0 saturated heterocycles. The maximum atomic E-state index is 3.88. The highest BCUT2D eigenvalue weighted by atomic mass is 14.2. The molecule has 0 aliphatic heterocycles. The minimum Gasteiger partial charge on any atom is -0.0654 e. The Hall–Kier alpha value is -8.52. The Balaban J connectivity index is 1.23. The molecule has 84 heavy (non-hydrogen) atoms. The summed E-state index contributed by atoms with van der Waals surface area (Å²) < 4.78 is 0. The summed E-state index contributed by atoms with van der Waals surface area (Å²) in [6.45, 7) is 18.5. The van der Waals surface area contributed by atoms with Crippen molar-refractivity contribution in [3.63, 3.8) is 0 Å². The maximum Gasteiger partial charge on any atom is 0.0406 e. The van der Waals surface area contributed by atoms with E-state index in [-0.39, 0.29) is 10.8 Å². The van der Waals surface area contributed by atoms with Gasteiger partial charge >= 0.3 is 0 Å². The van der Waals surface area contributed by atoms with Gasteiger partial charge in [0.15, 0.2) is 0 Å². The van der Waals surface area contributed by atoms with E-state index in [4.69, 9.17) is 0 Å². The molecule has 0 aromatic heterocycles. The van der Waals surface area contributed by atoms with E-state index >= 15 is 0 Å². The fraction of sp³-hybridized carbons (Fsp3) is 0.286. The molecule has 0 aliphatic carbocycles. The average molecular weight is 1090 g/mol. The number of aryl methyl sites for hydroxylation is 2. The fourth-order valence-corrected chi connectivity index (χ4v) is 13.1. The molecule has 0 N–H and O–H groups in total. The van der Waals surface area contributed by atoms with Crippen LogP contribution in [0.3, 0.4) is 0 Å². The molecule has 0 radical (unpaired) electrons. The normalized spacial score (nSPS) is 11.9. The van der Waals surface area contributed by atoms with Crippen LogP contribution in [0.25, 0.3) is 118 Å². The van der Waals surface area contributed by atoms with E-state index in [1.807, 2.05) is 0 Å². The van der Waals surface area contributed by atoms with E-state index in [1.165, 1.54) is 130 Å². The molecule has 0 saturated carbocycles. The lowest BCUT2D eigenvalue weighted by Gasteiger charge is -2.22. The van der Waals surface area contributed by atoms with Crippen LogP contribution in [0.15, 0.2) is 158 Å². The molecule has 0 heterocycles. The van der Waals surface area contributed by atoms with E-state index in [1.54, 1.807) is 0 Å². The summed E-state index contributed by atoms with van der Waals surface area (Å²) in [5, 5.41) is 24.7. The van der Waals surface area contributed by atoms with Crippen molar-refractivity contribution in [1.29, 1.82) is 0 Å². The van der Waals surface area contributed by atoms with Crippen LogP contribution in [0.2, 0.25) is 0 Å². The van der Waals surface area contributed by atoms with Crippen LogP contribution >= 0.6 is 0 Å². The fourth-order valence-electron chi connectivity index (χ4n) is 13.1. The molecule has 414 valence electrons. The summed E-state index contributed by atoms with van der Waals surface area (Å²) in [5.74, 6) is 0. The molecule has 12 rings (SSSR count). The topological polar surface area (TPSA) is 0 Å². The molecule has 0 spiro atoms. The van der Waals surface area contributed by atoms with Crippen LogP contribution in [0.5, 0.6) is 0 Å². The van der Waals surface area contributed by atoms with E-state index in [9.17, 15) is 0 Å². The molecule has 10 bridgehead atoms. The van der Waals surface area contributed by atoms with Gasteiger partial charge in [-0.25, -0.2) is 0 Å². The van der Waals surface area contributed by atoms with Crippen molar-refractivity contribution >= 4 is 118 Å². The summed E-state index contributed by atoms with van der Waals surface area (Å²) in [6, 6.07) is 89.7. The van der Waals surface area contributed by atoms with Crippen molar-refractivity contribution in [2.24, 2.45) is 0 Å². The first-order chi connectivity index (χ1) is 40.9. The summed E-state index contributed by atoms with van der Waals surface area (Å²) in [4.78, 5) is 0. The first kappa shape index (κ1) is 56.0.